The van der Waals surface area contributed by atoms with Gasteiger partial charge in [0, 0.05) is 6.20 Å². The molecule has 1 fully saturated rings. The predicted molar refractivity (Wildman–Crippen MR) is 121 cm³/mol. The number of benzene rings is 1. The zero-order valence-electron chi connectivity index (χ0n) is 18.4. The topological polar surface area (TPSA) is 118 Å². The molecule has 172 valence electrons. The molecule has 0 saturated carbocycles. The third-order valence-electron chi connectivity index (χ3n) is 5.89. The first-order valence-corrected chi connectivity index (χ1v) is 10.5. The van der Waals surface area contributed by atoms with E-state index in [1.54, 1.807) is 47.9 Å². The van der Waals surface area contributed by atoms with E-state index in [4.69, 9.17) is 9.15 Å². The Morgan fingerprint density at radius 2 is 2.00 bits per heavy atom. The van der Waals surface area contributed by atoms with Gasteiger partial charge >= 0.3 is 0 Å². The second-order valence-corrected chi connectivity index (χ2v) is 7.91. The van der Waals surface area contributed by atoms with Gasteiger partial charge in [0.15, 0.2) is 17.3 Å². The number of ketones is 1. The van der Waals surface area contributed by atoms with Crippen molar-refractivity contribution >= 4 is 23.1 Å². The van der Waals surface area contributed by atoms with Crippen LogP contribution in [-0.2, 0) is 16.1 Å². The number of pyridine rings is 1. The number of likely N-dealkylation sites (tertiary alicyclic amines) is 1. The number of fused-ring (bicyclic) bond motifs is 1. The molecule has 34 heavy (non-hydrogen) atoms. The average molecular weight is 459 g/mol. The number of carbonyl (C=O) groups is 2. The van der Waals surface area contributed by atoms with Gasteiger partial charge in [0.25, 0.3) is 11.7 Å². The summed E-state index contributed by atoms with van der Waals surface area (Å²) in [6, 6.07) is 12.3. The fourth-order valence-corrected chi connectivity index (χ4v) is 4.35. The second kappa shape index (κ2) is 8.11. The largest absolute Gasteiger partial charge is 0.505 e. The number of ether oxygens (including phenoxy) is 1. The van der Waals surface area contributed by atoms with Gasteiger partial charge in [-0.15, -0.1) is 0 Å². The van der Waals surface area contributed by atoms with Crippen LogP contribution >= 0.6 is 0 Å². The van der Waals surface area contributed by atoms with E-state index >= 15 is 0 Å². The first kappa shape index (κ1) is 21.3. The first-order chi connectivity index (χ1) is 16.4. The van der Waals surface area contributed by atoms with E-state index in [9.17, 15) is 19.8 Å². The van der Waals surface area contributed by atoms with Crippen LogP contribution in [0.25, 0.3) is 11.4 Å². The van der Waals surface area contributed by atoms with Crippen molar-refractivity contribution in [1.82, 2.24) is 14.3 Å². The second-order valence-electron chi connectivity index (χ2n) is 7.91. The predicted octanol–water partition coefficient (Wildman–Crippen LogP) is 3.57. The van der Waals surface area contributed by atoms with Gasteiger partial charge < -0.3 is 24.3 Å². The summed E-state index contributed by atoms with van der Waals surface area (Å²) in [5.74, 6) is -1.39. The fourth-order valence-electron chi connectivity index (χ4n) is 4.35. The minimum absolute atomic E-state index is 0.00828. The number of imidazole rings is 1. The van der Waals surface area contributed by atoms with Crippen molar-refractivity contribution in [2.24, 2.45) is 0 Å². The van der Waals surface area contributed by atoms with Gasteiger partial charge in [-0.25, -0.2) is 4.98 Å². The number of rotatable bonds is 5. The van der Waals surface area contributed by atoms with Crippen LogP contribution in [0.3, 0.4) is 0 Å². The van der Waals surface area contributed by atoms with Crippen molar-refractivity contribution in [1.29, 1.82) is 0 Å². The lowest BCUT2D eigenvalue weighted by molar-refractivity contribution is -0.140. The number of hydrogen-bond donors (Lipinski definition) is 2. The maximum atomic E-state index is 13.3. The number of phenols is 1. The van der Waals surface area contributed by atoms with Gasteiger partial charge in [0.2, 0.25) is 0 Å². The number of aliphatic hydroxyl groups excluding tert-OH is 1. The number of aromatic nitrogens is 2. The maximum absolute atomic E-state index is 13.3. The highest BCUT2D eigenvalue weighted by molar-refractivity contribution is 6.46. The van der Waals surface area contributed by atoms with Crippen LogP contribution in [0.2, 0.25) is 0 Å². The zero-order valence-corrected chi connectivity index (χ0v) is 18.4. The quantitative estimate of drug-likeness (QED) is 0.266. The number of phenolic OH excluding ortho intramolecular Hbond substituents is 1. The molecule has 1 unspecified atom stereocenters. The molecule has 1 aliphatic rings. The highest BCUT2D eigenvalue weighted by Gasteiger charge is 2.47. The Morgan fingerprint density at radius 3 is 2.74 bits per heavy atom. The molecule has 1 aliphatic heterocycles. The van der Waals surface area contributed by atoms with Gasteiger partial charge in [-0.1, -0.05) is 12.1 Å². The number of amides is 1. The Labute approximate surface area is 194 Å². The number of methoxy groups -OCH3 is 1. The molecule has 9 heteroatoms. The van der Waals surface area contributed by atoms with E-state index in [1.165, 1.54) is 30.4 Å². The SMILES string of the molecule is COc1cc(C2C(=C(O)c3c(C)nc4ccccn34)C(=O)C(=O)N2Cc2ccco2)ccc1O. The summed E-state index contributed by atoms with van der Waals surface area (Å²) in [5.41, 5.74) is 1.81. The number of furan rings is 1. The first-order valence-electron chi connectivity index (χ1n) is 10.5. The molecular weight excluding hydrogens is 438 g/mol. The number of carbonyl (C=O) groups excluding carboxylic acids is 2. The summed E-state index contributed by atoms with van der Waals surface area (Å²) in [5, 5.41) is 21.5. The molecule has 0 bridgehead atoms. The van der Waals surface area contributed by atoms with Gasteiger partial charge in [0.05, 0.1) is 37.2 Å². The molecule has 0 spiro atoms. The molecule has 0 aliphatic carbocycles. The minimum Gasteiger partial charge on any atom is -0.505 e. The van der Waals surface area contributed by atoms with Crippen LogP contribution in [0.5, 0.6) is 11.5 Å². The lowest BCUT2D eigenvalue weighted by Gasteiger charge is -2.25. The number of hydrogen-bond acceptors (Lipinski definition) is 7. The van der Waals surface area contributed by atoms with E-state index in [1.807, 2.05) is 6.07 Å². The smallest absolute Gasteiger partial charge is 0.296 e. The van der Waals surface area contributed by atoms with Crippen molar-refractivity contribution in [2.45, 2.75) is 19.5 Å². The maximum Gasteiger partial charge on any atom is 0.296 e. The van der Waals surface area contributed by atoms with Gasteiger partial charge in [-0.2, -0.15) is 0 Å². The van der Waals surface area contributed by atoms with Crippen LogP contribution in [0.1, 0.15) is 28.8 Å². The fraction of sp³-hybridized carbons (Fsp3) is 0.160. The lowest BCUT2D eigenvalue weighted by Crippen LogP contribution is -2.29. The van der Waals surface area contributed by atoms with Crippen molar-refractivity contribution in [2.75, 3.05) is 7.11 Å². The summed E-state index contributed by atoms with van der Waals surface area (Å²) in [7, 11) is 1.40. The highest BCUT2D eigenvalue weighted by Crippen LogP contribution is 2.42. The molecule has 1 amide bonds. The van der Waals surface area contributed by atoms with Gasteiger partial charge in [-0.3, -0.25) is 14.0 Å². The molecule has 1 atom stereocenters. The Balaban J connectivity index is 1.74. The third-order valence-corrected chi connectivity index (χ3v) is 5.89. The van der Waals surface area contributed by atoms with E-state index in [-0.39, 0.29) is 29.4 Å². The summed E-state index contributed by atoms with van der Waals surface area (Å²) in [4.78, 5) is 32.2. The summed E-state index contributed by atoms with van der Waals surface area (Å²) >= 11 is 0. The number of aromatic hydroxyl groups is 1. The number of Topliss-reactive ketones (excluding diaryl/α,β-unsaturated/α-hetero) is 1. The number of nitrogens with zero attached hydrogens (tertiary/aromatic N) is 3. The van der Waals surface area contributed by atoms with E-state index in [0.717, 1.165) is 0 Å². The van der Waals surface area contributed by atoms with E-state index < -0.39 is 17.7 Å². The molecular formula is C25H21N3O6. The van der Waals surface area contributed by atoms with Crippen LogP contribution in [-0.4, -0.2) is 43.3 Å². The van der Waals surface area contributed by atoms with Crippen molar-refractivity contribution < 1.29 is 29.0 Å². The molecule has 2 N–H and O–H groups in total. The minimum atomic E-state index is -0.951. The lowest BCUT2D eigenvalue weighted by atomic mass is 9.96. The number of aliphatic hydroxyl groups is 1. The monoisotopic (exact) mass is 459 g/mol. The van der Waals surface area contributed by atoms with Crippen LogP contribution in [0, 0.1) is 6.92 Å². The Bertz CT molecular complexity index is 1450. The molecule has 1 aromatic carbocycles. The van der Waals surface area contributed by atoms with E-state index in [2.05, 4.69) is 4.98 Å². The Morgan fingerprint density at radius 1 is 1.18 bits per heavy atom. The molecule has 4 aromatic rings. The van der Waals surface area contributed by atoms with Crippen LogP contribution in [0.4, 0.5) is 0 Å². The zero-order chi connectivity index (χ0) is 24.0. The van der Waals surface area contributed by atoms with Crippen LogP contribution in [0.15, 0.2) is 71.0 Å². The van der Waals surface area contributed by atoms with Crippen molar-refractivity contribution in [3.05, 3.63) is 89.3 Å². The van der Waals surface area contributed by atoms with Crippen molar-refractivity contribution in [3.63, 3.8) is 0 Å². The van der Waals surface area contributed by atoms with E-state index in [0.29, 0.717) is 28.4 Å². The van der Waals surface area contributed by atoms with Gasteiger partial charge in [0.1, 0.15) is 17.1 Å². The number of aryl methyl sites for hydroxylation is 1. The highest BCUT2D eigenvalue weighted by atomic mass is 16.5. The molecule has 5 rings (SSSR count). The normalized spacial score (nSPS) is 17.6. The molecule has 4 heterocycles. The average Bonchev–Trinajstić information content (AvgIpc) is 3.52. The van der Waals surface area contributed by atoms with Crippen LogP contribution < -0.4 is 4.74 Å². The summed E-state index contributed by atoms with van der Waals surface area (Å²) in [6.07, 6.45) is 3.20. The Hall–Kier alpha value is -4.53. The third kappa shape index (κ3) is 3.29. The molecule has 9 nitrogen and oxygen atoms in total. The van der Waals surface area contributed by atoms with Gasteiger partial charge in [-0.05, 0) is 48.9 Å². The summed E-state index contributed by atoms with van der Waals surface area (Å²) in [6.45, 7) is 1.73. The van der Waals surface area contributed by atoms with Crippen molar-refractivity contribution in [3.8, 4) is 11.5 Å². The molecule has 3 aromatic heterocycles. The summed E-state index contributed by atoms with van der Waals surface area (Å²) < 4.78 is 12.3. The standard InChI is InChI=1S/C25H21N3O6/c1-14-21(27-10-4-3-7-19(27)26-14)23(30)20-22(15-8-9-17(29)18(12-15)33-2)28(25(32)24(20)31)13-16-6-5-11-34-16/h3-12,22,29-30H,13H2,1-2H3. The molecule has 0 radical (unpaired) electrons. The molecule has 1 saturated heterocycles. The Kier molecular flexibility index (Phi) is 5.09.